The van der Waals surface area contributed by atoms with Gasteiger partial charge in [0.2, 0.25) is 0 Å². The molecule has 1 aromatic carbocycles. The second-order valence-corrected chi connectivity index (χ2v) is 7.41. The summed E-state index contributed by atoms with van der Waals surface area (Å²) in [6, 6.07) is 9.29. The second kappa shape index (κ2) is 7.86. The van der Waals surface area contributed by atoms with Crippen LogP contribution in [0.3, 0.4) is 0 Å². The zero-order valence-corrected chi connectivity index (χ0v) is 15.9. The Balaban J connectivity index is 1.64. The summed E-state index contributed by atoms with van der Waals surface area (Å²) in [4.78, 5) is 25.6. The van der Waals surface area contributed by atoms with E-state index in [0.29, 0.717) is 18.7 Å². The van der Waals surface area contributed by atoms with Crippen molar-refractivity contribution in [3.8, 4) is 5.75 Å². The van der Waals surface area contributed by atoms with E-state index < -0.39 is 11.9 Å². The normalized spacial score (nSPS) is 19.7. The number of aliphatic carboxylic acids is 1. The van der Waals surface area contributed by atoms with Crippen LogP contribution in [0.2, 0.25) is 0 Å². The number of rotatable bonds is 5. The zero-order chi connectivity index (χ0) is 19.6. The van der Waals surface area contributed by atoms with E-state index in [1.807, 2.05) is 39.0 Å². The van der Waals surface area contributed by atoms with Crippen LogP contribution in [0.15, 0.2) is 34.7 Å². The molecular formula is C21H25NO5. The van der Waals surface area contributed by atoms with Crippen molar-refractivity contribution in [1.82, 2.24) is 4.90 Å². The van der Waals surface area contributed by atoms with Gasteiger partial charge in [0.05, 0.1) is 5.92 Å². The van der Waals surface area contributed by atoms with E-state index in [-0.39, 0.29) is 30.7 Å². The topological polar surface area (TPSA) is 80.0 Å². The van der Waals surface area contributed by atoms with Gasteiger partial charge in [-0.1, -0.05) is 24.6 Å². The minimum Gasteiger partial charge on any atom is -0.485 e. The summed E-state index contributed by atoms with van der Waals surface area (Å²) in [6.07, 6.45) is 0.590. The van der Waals surface area contributed by atoms with Gasteiger partial charge >= 0.3 is 5.97 Å². The number of benzene rings is 1. The zero-order valence-electron chi connectivity index (χ0n) is 15.9. The fraction of sp³-hybridized carbons (Fsp3) is 0.429. The molecule has 0 bridgehead atoms. The Hall–Kier alpha value is -2.76. The van der Waals surface area contributed by atoms with Gasteiger partial charge in [0.1, 0.15) is 18.1 Å². The maximum absolute atomic E-state index is 12.7. The van der Waals surface area contributed by atoms with Gasteiger partial charge in [-0.05, 0) is 49.9 Å². The number of furan rings is 1. The van der Waals surface area contributed by atoms with Crippen molar-refractivity contribution >= 4 is 11.9 Å². The minimum atomic E-state index is -0.860. The van der Waals surface area contributed by atoms with Crippen LogP contribution in [0.1, 0.15) is 40.8 Å². The number of aryl methyl sites for hydroxylation is 2. The van der Waals surface area contributed by atoms with Gasteiger partial charge in [-0.2, -0.15) is 0 Å². The number of likely N-dealkylation sites (tertiary alicyclic amines) is 1. The van der Waals surface area contributed by atoms with Gasteiger partial charge in [-0.15, -0.1) is 0 Å². The lowest BCUT2D eigenvalue weighted by atomic mass is 9.90. The third kappa shape index (κ3) is 4.51. The molecule has 2 aromatic rings. The van der Waals surface area contributed by atoms with Crippen molar-refractivity contribution in [3.05, 3.63) is 53.0 Å². The molecule has 1 aliphatic rings. The maximum Gasteiger partial charge on any atom is 0.308 e. The van der Waals surface area contributed by atoms with Crippen molar-refractivity contribution in [3.63, 3.8) is 0 Å². The van der Waals surface area contributed by atoms with Crippen LogP contribution in [0.25, 0.3) is 0 Å². The molecule has 1 N–H and O–H groups in total. The Morgan fingerprint density at radius 1 is 1.22 bits per heavy atom. The highest BCUT2D eigenvalue weighted by Gasteiger charge is 2.33. The first-order chi connectivity index (χ1) is 12.8. The van der Waals surface area contributed by atoms with Crippen LogP contribution in [0.5, 0.6) is 5.75 Å². The molecule has 1 amide bonds. The number of amides is 1. The quantitative estimate of drug-likeness (QED) is 0.868. The Morgan fingerprint density at radius 2 is 2.00 bits per heavy atom. The summed E-state index contributed by atoms with van der Waals surface area (Å²) in [5.41, 5.74) is 2.21. The summed E-state index contributed by atoms with van der Waals surface area (Å²) in [6.45, 7) is 6.95. The molecule has 0 spiro atoms. The van der Waals surface area contributed by atoms with Crippen molar-refractivity contribution in [1.29, 1.82) is 0 Å². The molecular weight excluding hydrogens is 346 g/mol. The number of ether oxygens (including phenoxy) is 1. The second-order valence-electron chi connectivity index (χ2n) is 7.41. The molecule has 3 rings (SSSR count). The Morgan fingerprint density at radius 3 is 2.70 bits per heavy atom. The third-order valence-corrected chi connectivity index (χ3v) is 4.87. The molecule has 0 aliphatic carbocycles. The largest absolute Gasteiger partial charge is 0.485 e. The average Bonchev–Trinajstić information content (AvgIpc) is 3.08. The van der Waals surface area contributed by atoms with Crippen molar-refractivity contribution in [2.24, 2.45) is 11.8 Å². The fourth-order valence-electron chi connectivity index (χ4n) is 3.53. The number of piperidine rings is 1. The lowest BCUT2D eigenvalue weighted by molar-refractivity contribution is -0.143. The number of nitrogens with zero attached hydrogens (tertiary/aromatic N) is 1. The van der Waals surface area contributed by atoms with Crippen LogP contribution in [-0.4, -0.2) is 35.0 Å². The van der Waals surface area contributed by atoms with Gasteiger partial charge in [0, 0.05) is 13.1 Å². The van der Waals surface area contributed by atoms with E-state index in [9.17, 15) is 14.7 Å². The minimum absolute atomic E-state index is 0.145. The van der Waals surface area contributed by atoms with Gasteiger partial charge in [0.15, 0.2) is 5.76 Å². The highest BCUT2D eigenvalue weighted by molar-refractivity contribution is 5.92. The van der Waals surface area contributed by atoms with E-state index in [1.54, 1.807) is 17.0 Å². The van der Waals surface area contributed by atoms with E-state index in [4.69, 9.17) is 9.15 Å². The number of carboxylic acids is 1. The number of carboxylic acid groups (broad SMARTS) is 1. The lowest BCUT2D eigenvalue weighted by Gasteiger charge is -2.34. The molecule has 1 aliphatic heterocycles. The van der Waals surface area contributed by atoms with Gasteiger partial charge in [0.25, 0.3) is 5.91 Å². The molecule has 2 heterocycles. The predicted octanol–water partition coefficient (Wildman–Crippen LogP) is 3.66. The number of carbonyl (C=O) groups is 2. The molecule has 6 heteroatoms. The Bertz CT molecular complexity index is 841. The van der Waals surface area contributed by atoms with Crippen LogP contribution >= 0.6 is 0 Å². The SMILES string of the molecule is Cc1ccc(OCc2ccc(C(=O)N3CC(C)CC(C(=O)O)C3)o2)c(C)c1. The Kier molecular flexibility index (Phi) is 5.54. The molecule has 27 heavy (non-hydrogen) atoms. The van der Waals surface area contributed by atoms with Crippen molar-refractivity contribution in [2.75, 3.05) is 13.1 Å². The van der Waals surface area contributed by atoms with Gasteiger partial charge in [-0.25, -0.2) is 0 Å². The molecule has 6 nitrogen and oxygen atoms in total. The first-order valence-electron chi connectivity index (χ1n) is 9.14. The summed E-state index contributed by atoms with van der Waals surface area (Å²) in [5, 5.41) is 9.27. The standard InChI is InChI=1S/C21H25NO5/c1-13-4-6-18(15(3)8-13)26-12-17-5-7-19(27-17)20(23)22-10-14(2)9-16(11-22)21(24)25/h4-8,14,16H,9-12H2,1-3H3,(H,24,25). The molecule has 144 valence electrons. The third-order valence-electron chi connectivity index (χ3n) is 4.87. The molecule has 2 atom stereocenters. The summed E-state index contributed by atoms with van der Waals surface area (Å²) in [7, 11) is 0. The molecule has 2 unspecified atom stereocenters. The summed E-state index contributed by atoms with van der Waals surface area (Å²) >= 11 is 0. The van der Waals surface area contributed by atoms with Crippen LogP contribution < -0.4 is 4.74 Å². The van der Waals surface area contributed by atoms with Crippen molar-refractivity contribution in [2.45, 2.75) is 33.8 Å². The van der Waals surface area contributed by atoms with E-state index >= 15 is 0 Å². The van der Waals surface area contributed by atoms with E-state index in [2.05, 4.69) is 0 Å². The highest BCUT2D eigenvalue weighted by Crippen LogP contribution is 2.24. The maximum atomic E-state index is 12.7. The lowest BCUT2D eigenvalue weighted by Crippen LogP contribution is -2.45. The summed E-state index contributed by atoms with van der Waals surface area (Å²) < 4.78 is 11.4. The number of hydrogen-bond donors (Lipinski definition) is 1. The first-order valence-corrected chi connectivity index (χ1v) is 9.14. The molecule has 1 aromatic heterocycles. The predicted molar refractivity (Wildman–Crippen MR) is 99.8 cm³/mol. The van der Waals surface area contributed by atoms with Crippen LogP contribution in [-0.2, 0) is 11.4 Å². The van der Waals surface area contributed by atoms with Crippen molar-refractivity contribution < 1.29 is 23.8 Å². The number of hydrogen-bond acceptors (Lipinski definition) is 4. The molecule has 1 saturated heterocycles. The monoisotopic (exact) mass is 371 g/mol. The average molecular weight is 371 g/mol. The van der Waals surface area contributed by atoms with Crippen LogP contribution in [0.4, 0.5) is 0 Å². The number of carbonyl (C=O) groups excluding carboxylic acids is 1. The van der Waals surface area contributed by atoms with Crippen LogP contribution in [0, 0.1) is 25.7 Å². The fourth-order valence-corrected chi connectivity index (χ4v) is 3.53. The smallest absolute Gasteiger partial charge is 0.308 e. The van der Waals surface area contributed by atoms with E-state index in [1.165, 1.54) is 5.56 Å². The van der Waals surface area contributed by atoms with Gasteiger partial charge < -0.3 is 19.2 Å². The highest BCUT2D eigenvalue weighted by atomic mass is 16.5. The first kappa shape index (κ1) is 19.0. The molecule has 0 saturated carbocycles. The molecule has 1 fully saturated rings. The summed E-state index contributed by atoms with van der Waals surface area (Å²) in [5.74, 6) is 0.0302. The van der Waals surface area contributed by atoms with E-state index in [0.717, 1.165) is 11.3 Å². The Labute approximate surface area is 158 Å². The van der Waals surface area contributed by atoms with Gasteiger partial charge in [-0.3, -0.25) is 9.59 Å². The molecule has 0 radical (unpaired) electrons.